The fraction of sp³-hybridized carbons (Fsp3) is 0.300. The molecular formula is C20H23ClN8O. The van der Waals surface area contributed by atoms with Crippen LogP contribution in [0.3, 0.4) is 0 Å². The van der Waals surface area contributed by atoms with Gasteiger partial charge in [-0.2, -0.15) is 15.0 Å². The maximum atomic E-state index is 5.93. The molecule has 1 aromatic carbocycles. The number of nitrogen functional groups attached to an aromatic ring is 1. The number of methoxy groups -OCH3 is 1. The van der Waals surface area contributed by atoms with E-state index in [2.05, 4.69) is 35.1 Å². The smallest absolute Gasteiger partial charge is 0.232 e. The van der Waals surface area contributed by atoms with Crippen LogP contribution in [-0.2, 0) is 6.54 Å². The van der Waals surface area contributed by atoms with E-state index in [0.717, 1.165) is 37.7 Å². The molecule has 3 aromatic rings. The second-order valence-corrected chi connectivity index (χ2v) is 7.29. The summed E-state index contributed by atoms with van der Waals surface area (Å²) in [5, 5.41) is 3.80. The Morgan fingerprint density at radius 2 is 1.87 bits per heavy atom. The number of aromatic nitrogens is 4. The van der Waals surface area contributed by atoms with Gasteiger partial charge in [0, 0.05) is 32.4 Å². The first-order chi connectivity index (χ1) is 14.6. The third-order valence-corrected chi connectivity index (χ3v) is 5.05. The van der Waals surface area contributed by atoms with Gasteiger partial charge in [-0.15, -0.1) is 0 Å². The summed E-state index contributed by atoms with van der Waals surface area (Å²) in [5.41, 5.74) is 6.68. The van der Waals surface area contributed by atoms with Gasteiger partial charge < -0.3 is 20.7 Å². The van der Waals surface area contributed by atoms with Crippen molar-refractivity contribution >= 4 is 35.0 Å². The highest BCUT2D eigenvalue weighted by Crippen LogP contribution is 2.25. The number of piperazine rings is 1. The summed E-state index contributed by atoms with van der Waals surface area (Å²) in [6.45, 7) is 4.05. The van der Waals surface area contributed by atoms with Crippen LogP contribution in [0.2, 0.25) is 5.02 Å². The molecule has 0 aliphatic carbocycles. The largest absolute Gasteiger partial charge is 0.495 e. The molecule has 0 unspecified atom stereocenters. The second kappa shape index (κ2) is 9.10. The molecule has 0 bridgehead atoms. The van der Waals surface area contributed by atoms with Crippen LogP contribution in [0, 0.1) is 0 Å². The van der Waals surface area contributed by atoms with Crippen LogP contribution in [0.25, 0.3) is 0 Å². The van der Waals surface area contributed by atoms with Crippen molar-refractivity contribution < 1.29 is 4.74 Å². The topological polar surface area (TPSA) is 105 Å². The van der Waals surface area contributed by atoms with Gasteiger partial charge in [-0.05, 0) is 24.3 Å². The number of ether oxygens (including phenoxy) is 1. The van der Waals surface area contributed by atoms with Gasteiger partial charge in [0.15, 0.2) is 0 Å². The van der Waals surface area contributed by atoms with E-state index in [1.165, 1.54) is 0 Å². The van der Waals surface area contributed by atoms with Crippen molar-refractivity contribution in [1.82, 2.24) is 24.8 Å². The number of benzene rings is 1. The van der Waals surface area contributed by atoms with Crippen LogP contribution in [-0.4, -0.2) is 58.1 Å². The lowest BCUT2D eigenvalue weighted by atomic mass is 10.3. The summed E-state index contributed by atoms with van der Waals surface area (Å²) < 4.78 is 5.36. The summed E-state index contributed by atoms with van der Waals surface area (Å²) >= 11 is 5.93. The second-order valence-electron chi connectivity index (χ2n) is 6.86. The number of hydrogen-bond donors (Lipinski definition) is 2. The number of hydrogen-bond acceptors (Lipinski definition) is 9. The van der Waals surface area contributed by atoms with Crippen molar-refractivity contribution in [1.29, 1.82) is 0 Å². The molecule has 3 N–H and O–H groups in total. The molecule has 1 saturated heterocycles. The zero-order valence-corrected chi connectivity index (χ0v) is 17.4. The Morgan fingerprint density at radius 3 is 2.60 bits per heavy atom. The Kier molecular flexibility index (Phi) is 6.10. The van der Waals surface area contributed by atoms with Crippen LogP contribution in [0.15, 0.2) is 42.6 Å². The minimum absolute atomic E-state index is 0.182. The quantitative estimate of drug-likeness (QED) is 0.615. The van der Waals surface area contributed by atoms with E-state index in [1.807, 2.05) is 36.4 Å². The molecule has 30 heavy (non-hydrogen) atoms. The van der Waals surface area contributed by atoms with Crippen molar-refractivity contribution in [2.75, 3.05) is 49.2 Å². The molecule has 0 atom stereocenters. The van der Waals surface area contributed by atoms with Crippen molar-refractivity contribution in [3.63, 3.8) is 0 Å². The summed E-state index contributed by atoms with van der Waals surface area (Å²) in [5.74, 6) is 2.84. The molecule has 1 aliphatic heterocycles. The molecule has 0 radical (unpaired) electrons. The molecule has 0 spiro atoms. The first-order valence-electron chi connectivity index (χ1n) is 9.60. The van der Waals surface area contributed by atoms with Crippen LogP contribution >= 0.6 is 11.6 Å². The number of nitrogens with two attached hydrogens (primary N) is 1. The lowest BCUT2D eigenvalue weighted by Gasteiger charge is -2.35. The maximum absolute atomic E-state index is 5.93. The summed E-state index contributed by atoms with van der Waals surface area (Å²) in [7, 11) is 1.62. The number of nitrogens with zero attached hydrogens (tertiary/aromatic N) is 6. The van der Waals surface area contributed by atoms with E-state index in [9.17, 15) is 0 Å². The van der Waals surface area contributed by atoms with Gasteiger partial charge in [-0.25, -0.2) is 4.98 Å². The third kappa shape index (κ3) is 4.87. The minimum Gasteiger partial charge on any atom is -0.495 e. The predicted octanol–water partition coefficient (Wildman–Crippen LogP) is 2.58. The monoisotopic (exact) mass is 426 g/mol. The number of para-hydroxylation sites is 2. The number of halogens is 1. The van der Waals surface area contributed by atoms with Gasteiger partial charge in [0.2, 0.25) is 11.9 Å². The lowest BCUT2D eigenvalue weighted by molar-refractivity contribution is 0.243. The fourth-order valence-electron chi connectivity index (χ4n) is 3.32. The van der Waals surface area contributed by atoms with Crippen molar-refractivity contribution in [2.24, 2.45) is 0 Å². The third-order valence-electron chi connectivity index (χ3n) is 4.83. The minimum atomic E-state index is 0.182. The first-order valence-corrected chi connectivity index (χ1v) is 9.98. The summed E-state index contributed by atoms with van der Waals surface area (Å²) in [6, 6.07) is 11.4. The zero-order chi connectivity index (χ0) is 20.9. The van der Waals surface area contributed by atoms with Gasteiger partial charge >= 0.3 is 0 Å². The van der Waals surface area contributed by atoms with E-state index in [1.54, 1.807) is 13.3 Å². The van der Waals surface area contributed by atoms with E-state index < -0.39 is 0 Å². The molecule has 156 valence electrons. The molecule has 3 heterocycles. The Bertz CT molecular complexity index is 992. The van der Waals surface area contributed by atoms with Crippen LogP contribution < -0.4 is 20.7 Å². The maximum Gasteiger partial charge on any atom is 0.232 e. The molecule has 2 aromatic heterocycles. The Balaban J connectivity index is 1.40. The van der Waals surface area contributed by atoms with Crippen LogP contribution in [0.4, 0.5) is 23.4 Å². The van der Waals surface area contributed by atoms with Gasteiger partial charge in [0.25, 0.3) is 0 Å². The summed E-state index contributed by atoms with van der Waals surface area (Å²) in [6.07, 6.45) is 1.67. The van der Waals surface area contributed by atoms with Gasteiger partial charge in [-0.1, -0.05) is 23.7 Å². The molecule has 10 heteroatoms. The highest BCUT2D eigenvalue weighted by molar-refractivity contribution is 6.30. The predicted molar refractivity (Wildman–Crippen MR) is 117 cm³/mol. The average Bonchev–Trinajstić information content (AvgIpc) is 2.75. The Labute approximate surface area is 179 Å². The Morgan fingerprint density at radius 1 is 1.07 bits per heavy atom. The number of nitrogens with one attached hydrogen (secondary N) is 1. The molecule has 4 rings (SSSR count). The van der Waals surface area contributed by atoms with Crippen molar-refractivity contribution in [3.8, 4) is 5.75 Å². The lowest BCUT2D eigenvalue weighted by Crippen LogP contribution is -2.46. The average molecular weight is 427 g/mol. The zero-order valence-electron chi connectivity index (χ0n) is 16.6. The molecule has 1 aliphatic rings. The van der Waals surface area contributed by atoms with Gasteiger partial charge in [0.05, 0.1) is 24.4 Å². The fourth-order valence-corrected chi connectivity index (χ4v) is 3.43. The Hall–Kier alpha value is -3.17. The van der Waals surface area contributed by atoms with E-state index in [4.69, 9.17) is 22.1 Å². The van der Waals surface area contributed by atoms with Crippen LogP contribution in [0.5, 0.6) is 5.75 Å². The first kappa shape index (κ1) is 20.1. The number of anilines is 4. The SMILES string of the molecule is COc1ccccc1Nc1nc(N)nc(CN2CCN(c3ccc(Cl)cn3)CC2)n1. The molecular weight excluding hydrogens is 404 g/mol. The normalized spacial score (nSPS) is 14.5. The number of pyridine rings is 1. The van der Waals surface area contributed by atoms with Gasteiger partial charge in [0.1, 0.15) is 17.4 Å². The van der Waals surface area contributed by atoms with E-state index >= 15 is 0 Å². The molecule has 9 nitrogen and oxygen atoms in total. The number of rotatable bonds is 6. The van der Waals surface area contributed by atoms with Crippen molar-refractivity contribution in [2.45, 2.75) is 6.54 Å². The molecule has 1 fully saturated rings. The van der Waals surface area contributed by atoms with E-state index in [0.29, 0.717) is 29.1 Å². The molecule has 0 amide bonds. The summed E-state index contributed by atoms with van der Waals surface area (Å²) in [4.78, 5) is 22.0. The van der Waals surface area contributed by atoms with Gasteiger partial charge in [-0.3, -0.25) is 4.90 Å². The highest BCUT2D eigenvalue weighted by atomic mass is 35.5. The van der Waals surface area contributed by atoms with Crippen LogP contribution in [0.1, 0.15) is 5.82 Å². The highest BCUT2D eigenvalue weighted by Gasteiger charge is 2.19. The van der Waals surface area contributed by atoms with E-state index in [-0.39, 0.29) is 5.95 Å². The standard InChI is InChI=1S/C20H23ClN8O/c1-30-16-5-3-2-4-15(16)24-20-26-17(25-19(22)27-20)13-28-8-10-29(11-9-28)18-7-6-14(21)12-23-18/h2-7,12H,8-11,13H2,1H3,(H3,22,24,25,26,27). The molecule has 0 saturated carbocycles. The van der Waals surface area contributed by atoms with Crippen molar-refractivity contribution in [3.05, 3.63) is 53.4 Å².